The Morgan fingerprint density at radius 3 is 2.38 bits per heavy atom. The molecule has 1 aliphatic carbocycles. The van der Waals surface area contributed by atoms with Crippen LogP contribution in [0.4, 0.5) is 4.79 Å². The van der Waals surface area contributed by atoms with Crippen LogP contribution in [-0.4, -0.2) is 27.8 Å². The van der Waals surface area contributed by atoms with Crippen molar-refractivity contribution < 1.29 is 19.1 Å². The molecule has 0 saturated heterocycles. The SMILES string of the molecule is CC(=O)c1cn(C(=O)OC(C)(C)C)c2c1C(=O)CCCC2. The zero-order valence-electron chi connectivity index (χ0n) is 13.0. The molecule has 0 aliphatic heterocycles. The highest BCUT2D eigenvalue weighted by atomic mass is 16.6. The first-order valence-corrected chi connectivity index (χ1v) is 7.22. The summed E-state index contributed by atoms with van der Waals surface area (Å²) in [4.78, 5) is 36.3. The van der Waals surface area contributed by atoms with Gasteiger partial charge in [0.05, 0.1) is 0 Å². The average molecular weight is 291 g/mol. The minimum atomic E-state index is -0.626. The van der Waals surface area contributed by atoms with Crippen molar-refractivity contribution in [2.24, 2.45) is 0 Å². The Kier molecular flexibility index (Phi) is 4.03. The summed E-state index contributed by atoms with van der Waals surface area (Å²) in [5.74, 6) is -0.265. The number of carbonyl (C=O) groups excluding carboxylic acids is 3. The van der Waals surface area contributed by atoms with Gasteiger partial charge in [0.1, 0.15) is 5.60 Å². The van der Waals surface area contributed by atoms with Crippen molar-refractivity contribution in [3.63, 3.8) is 0 Å². The lowest BCUT2D eigenvalue weighted by atomic mass is 10.0. The Hall–Kier alpha value is -1.91. The molecule has 1 heterocycles. The molecular weight excluding hydrogens is 270 g/mol. The molecule has 0 spiro atoms. The van der Waals surface area contributed by atoms with Crippen molar-refractivity contribution in [3.8, 4) is 0 Å². The molecular formula is C16H21NO4. The van der Waals surface area contributed by atoms with Gasteiger partial charge in [-0.15, -0.1) is 0 Å². The van der Waals surface area contributed by atoms with Crippen molar-refractivity contribution in [1.29, 1.82) is 0 Å². The fourth-order valence-electron chi connectivity index (χ4n) is 2.55. The molecule has 0 amide bonds. The van der Waals surface area contributed by atoms with Gasteiger partial charge in [0.25, 0.3) is 0 Å². The van der Waals surface area contributed by atoms with Gasteiger partial charge >= 0.3 is 6.09 Å². The van der Waals surface area contributed by atoms with Crippen LogP contribution < -0.4 is 0 Å². The first-order valence-electron chi connectivity index (χ1n) is 7.22. The molecule has 5 heteroatoms. The first kappa shape index (κ1) is 15.5. The van der Waals surface area contributed by atoms with Crippen LogP contribution in [0.2, 0.25) is 0 Å². The van der Waals surface area contributed by atoms with Gasteiger partial charge in [-0.05, 0) is 47.0 Å². The van der Waals surface area contributed by atoms with Gasteiger partial charge < -0.3 is 4.74 Å². The quantitative estimate of drug-likeness (QED) is 0.587. The number of rotatable bonds is 1. The Labute approximate surface area is 124 Å². The second-order valence-corrected chi connectivity index (χ2v) is 6.40. The van der Waals surface area contributed by atoms with E-state index in [0.29, 0.717) is 29.7 Å². The van der Waals surface area contributed by atoms with E-state index >= 15 is 0 Å². The number of carbonyl (C=O) groups is 3. The van der Waals surface area contributed by atoms with Crippen LogP contribution in [0, 0.1) is 0 Å². The maximum Gasteiger partial charge on any atom is 0.418 e. The van der Waals surface area contributed by atoms with E-state index < -0.39 is 11.7 Å². The Morgan fingerprint density at radius 1 is 1.19 bits per heavy atom. The first-order chi connectivity index (χ1) is 9.70. The third-order valence-electron chi connectivity index (χ3n) is 3.42. The fraction of sp³-hybridized carbons (Fsp3) is 0.562. The third kappa shape index (κ3) is 3.23. The summed E-state index contributed by atoms with van der Waals surface area (Å²) >= 11 is 0. The molecule has 0 atom stereocenters. The van der Waals surface area contributed by atoms with E-state index in [0.717, 1.165) is 12.8 Å². The monoisotopic (exact) mass is 291 g/mol. The molecule has 0 bridgehead atoms. The minimum Gasteiger partial charge on any atom is -0.443 e. The van der Waals surface area contributed by atoms with Crippen LogP contribution in [0.25, 0.3) is 0 Å². The van der Waals surface area contributed by atoms with Crippen molar-refractivity contribution in [2.45, 2.75) is 59.0 Å². The number of fused-ring (bicyclic) bond motifs is 1. The van der Waals surface area contributed by atoms with Gasteiger partial charge in [0, 0.05) is 29.4 Å². The van der Waals surface area contributed by atoms with Crippen molar-refractivity contribution in [2.75, 3.05) is 0 Å². The molecule has 1 aromatic rings. The summed E-state index contributed by atoms with van der Waals surface area (Å²) in [7, 11) is 0. The van der Waals surface area contributed by atoms with Gasteiger partial charge in [-0.1, -0.05) is 0 Å². The molecule has 1 aromatic heterocycles. The van der Waals surface area contributed by atoms with Crippen LogP contribution in [0.3, 0.4) is 0 Å². The van der Waals surface area contributed by atoms with E-state index in [1.54, 1.807) is 20.8 Å². The number of hydrogen-bond acceptors (Lipinski definition) is 4. The molecule has 0 aromatic carbocycles. The smallest absolute Gasteiger partial charge is 0.418 e. The lowest BCUT2D eigenvalue weighted by molar-refractivity contribution is 0.0533. The summed E-state index contributed by atoms with van der Waals surface area (Å²) in [6, 6.07) is 0. The van der Waals surface area contributed by atoms with Gasteiger partial charge in [-0.3, -0.25) is 14.2 Å². The van der Waals surface area contributed by atoms with Crippen LogP contribution in [0.5, 0.6) is 0 Å². The van der Waals surface area contributed by atoms with Crippen molar-refractivity contribution in [1.82, 2.24) is 4.57 Å². The largest absolute Gasteiger partial charge is 0.443 e. The van der Waals surface area contributed by atoms with Gasteiger partial charge in [0.15, 0.2) is 11.6 Å². The molecule has 21 heavy (non-hydrogen) atoms. The molecule has 0 saturated carbocycles. The molecule has 0 N–H and O–H groups in total. The predicted molar refractivity (Wildman–Crippen MR) is 78.0 cm³/mol. The van der Waals surface area contributed by atoms with E-state index in [2.05, 4.69) is 0 Å². The van der Waals surface area contributed by atoms with Crippen LogP contribution in [0.1, 0.15) is 73.4 Å². The molecule has 1 aliphatic rings. The molecule has 114 valence electrons. The summed E-state index contributed by atoms with van der Waals surface area (Å²) in [6.07, 6.45) is 3.53. The third-order valence-corrected chi connectivity index (χ3v) is 3.42. The summed E-state index contributed by atoms with van der Waals surface area (Å²) in [5, 5.41) is 0. The van der Waals surface area contributed by atoms with Crippen molar-refractivity contribution in [3.05, 3.63) is 23.0 Å². The number of ketones is 2. The van der Waals surface area contributed by atoms with Crippen LogP contribution >= 0.6 is 0 Å². The predicted octanol–water partition coefficient (Wildman–Crippen LogP) is 3.38. The number of nitrogens with zero attached hydrogens (tertiary/aromatic N) is 1. The lowest BCUT2D eigenvalue weighted by Crippen LogP contribution is -2.27. The Bertz CT molecular complexity index is 605. The second kappa shape index (κ2) is 5.47. The van der Waals surface area contributed by atoms with Gasteiger partial charge in [0.2, 0.25) is 0 Å². The highest BCUT2D eigenvalue weighted by molar-refractivity contribution is 6.10. The standard InChI is InChI=1S/C16H21NO4/c1-10(18)11-9-17(15(20)21-16(2,3)4)12-7-5-6-8-13(19)14(11)12/h9H,5-8H2,1-4H3. The van der Waals surface area contributed by atoms with Crippen LogP contribution in [-0.2, 0) is 11.2 Å². The molecule has 5 nitrogen and oxygen atoms in total. The van der Waals surface area contributed by atoms with Gasteiger partial charge in [-0.2, -0.15) is 0 Å². The zero-order chi connectivity index (χ0) is 15.8. The van der Waals surface area contributed by atoms with E-state index in [1.807, 2.05) is 0 Å². The normalized spacial score (nSPS) is 15.3. The summed E-state index contributed by atoms with van der Waals surface area (Å²) in [5.41, 5.74) is 0.713. The maximum atomic E-state index is 12.3. The van der Waals surface area contributed by atoms with E-state index in [1.165, 1.54) is 17.7 Å². The molecule has 2 rings (SSSR count). The topological polar surface area (TPSA) is 65.4 Å². The van der Waals surface area contributed by atoms with E-state index in [-0.39, 0.29) is 11.6 Å². The highest BCUT2D eigenvalue weighted by Gasteiger charge is 2.29. The Balaban J connectivity index is 2.53. The minimum absolute atomic E-state index is 0.0602. The number of ether oxygens (including phenoxy) is 1. The Morgan fingerprint density at radius 2 is 1.81 bits per heavy atom. The van der Waals surface area contributed by atoms with E-state index in [9.17, 15) is 14.4 Å². The molecule has 0 unspecified atom stereocenters. The molecule has 0 radical (unpaired) electrons. The second-order valence-electron chi connectivity index (χ2n) is 6.40. The average Bonchev–Trinajstić information content (AvgIpc) is 2.62. The number of aromatic nitrogens is 1. The zero-order valence-corrected chi connectivity index (χ0v) is 13.0. The lowest BCUT2D eigenvalue weighted by Gasteiger charge is -2.20. The molecule has 0 fully saturated rings. The van der Waals surface area contributed by atoms with Gasteiger partial charge in [-0.25, -0.2) is 4.79 Å². The number of Topliss-reactive ketones (excluding diaryl/α,β-unsaturated/α-hetero) is 2. The fourth-order valence-corrected chi connectivity index (χ4v) is 2.55. The summed E-state index contributed by atoms with van der Waals surface area (Å²) < 4.78 is 6.69. The number of hydrogen-bond donors (Lipinski definition) is 0. The van der Waals surface area contributed by atoms with Crippen molar-refractivity contribution >= 4 is 17.7 Å². The highest BCUT2D eigenvalue weighted by Crippen LogP contribution is 2.27. The maximum absolute atomic E-state index is 12.3. The van der Waals surface area contributed by atoms with Crippen LogP contribution in [0.15, 0.2) is 6.20 Å². The van der Waals surface area contributed by atoms with E-state index in [4.69, 9.17) is 4.74 Å². The summed E-state index contributed by atoms with van der Waals surface area (Å²) in [6.45, 7) is 6.76.